The minimum absolute atomic E-state index is 0.142. The van der Waals surface area contributed by atoms with Gasteiger partial charge in [0, 0.05) is 42.0 Å². The van der Waals surface area contributed by atoms with Crippen molar-refractivity contribution >= 4 is 29.3 Å². The van der Waals surface area contributed by atoms with Crippen molar-refractivity contribution in [2.45, 2.75) is 12.3 Å². The molecule has 1 heterocycles. The lowest BCUT2D eigenvalue weighted by atomic mass is 9.88. The van der Waals surface area contributed by atoms with Gasteiger partial charge in [-0.05, 0) is 29.3 Å². The molecule has 3 rings (SSSR count). The molecule has 5 heteroatoms. The maximum Gasteiger partial charge on any atom is 0.223 e. The maximum absolute atomic E-state index is 12.8. The second-order valence-corrected chi connectivity index (χ2v) is 7.50. The standard InChI is InChI=1S/C19H20ClNO2S/c20-18-7-2-1-6-16(18)17(14-4-3-5-15(22)12-14)13-19(23)21-8-10-24-11-9-21/h1-7,12,17,22H,8-11,13H2/t17-/m0/s1. The molecule has 1 aliphatic rings. The van der Waals surface area contributed by atoms with Gasteiger partial charge in [0.2, 0.25) is 5.91 Å². The van der Waals surface area contributed by atoms with Crippen LogP contribution in [0, 0.1) is 0 Å². The highest BCUT2D eigenvalue weighted by Gasteiger charge is 2.24. The Bertz CT molecular complexity index is 716. The van der Waals surface area contributed by atoms with E-state index in [1.54, 1.807) is 18.2 Å². The average molecular weight is 362 g/mol. The number of carbonyl (C=O) groups excluding carboxylic acids is 1. The summed E-state index contributed by atoms with van der Waals surface area (Å²) in [5.41, 5.74) is 1.83. The Kier molecular flexibility index (Phi) is 5.69. The molecule has 0 bridgehead atoms. The molecule has 0 unspecified atom stereocenters. The zero-order valence-electron chi connectivity index (χ0n) is 13.3. The number of carbonyl (C=O) groups is 1. The molecule has 1 N–H and O–H groups in total. The predicted molar refractivity (Wildman–Crippen MR) is 99.9 cm³/mol. The van der Waals surface area contributed by atoms with Crippen molar-refractivity contribution in [3.05, 3.63) is 64.7 Å². The van der Waals surface area contributed by atoms with E-state index in [0.29, 0.717) is 11.4 Å². The zero-order chi connectivity index (χ0) is 16.9. The third-order valence-corrected chi connectivity index (χ3v) is 5.58. The lowest BCUT2D eigenvalue weighted by Crippen LogP contribution is -2.38. The van der Waals surface area contributed by atoms with Crippen molar-refractivity contribution < 1.29 is 9.90 Å². The Morgan fingerprint density at radius 1 is 1.17 bits per heavy atom. The van der Waals surface area contributed by atoms with E-state index in [-0.39, 0.29) is 17.6 Å². The molecule has 1 aliphatic heterocycles. The largest absolute Gasteiger partial charge is 0.508 e. The fourth-order valence-electron chi connectivity index (χ4n) is 3.02. The van der Waals surface area contributed by atoms with Crippen LogP contribution in [0.5, 0.6) is 5.75 Å². The number of rotatable bonds is 4. The van der Waals surface area contributed by atoms with Crippen molar-refractivity contribution in [2.24, 2.45) is 0 Å². The van der Waals surface area contributed by atoms with Crippen LogP contribution in [-0.2, 0) is 4.79 Å². The van der Waals surface area contributed by atoms with Gasteiger partial charge in [-0.2, -0.15) is 11.8 Å². The van der Waals surface area contributed by atoms with E-state index in [9.17, 15) is 9.90 Å². The quantitative estimate of drug-likeness (QED) is 0.889. The number of phenols is 1. The summed E-state index contributed by atoms with van der Waals surface area (Å²) in [7, 11) is 0. The lowest BCUT2D eigenvalue weighted by molar-refractivity contribution is -0.131. The topological polar surface area (TPSA) is 40.5 Å². The van der Waals surface area contributed by atoms with Crippen LogP contribution in [0.4, 0.5) is 0 Å². The average Bonchev–Trinajstić information content (AvgIpc) is 2.61. The maximum atomic E-state index is 12.8. The smallest absolute Gasteiger partial charge is 0.223 e. The summed E-state index contributed by atoms with van der Waals surface area (Å²) in [6.07, 6.45) is 0.359. The first-order chi connectivity index (χ1) is 11.6. The summed E-state index contributed by atoms with van der Waals surface area (Å²) >= 11 is 8.27. The predicted octanol–water partition coefficient (Wildman–Crippen LogP) is 4.14. The summed E-state index contributed by atoms with van der Waals surface area (Å²) in [5, 5.41) is 10.5. The molecule has 1 fully saturated rings. The van der Waals surface area contributed by atoms with E-state index in [2.05, 4.69) is 0 Å². The number of thioether (sulfide) groups is 1. The SMILES string of the molecule is O=C(C[C@@H](c1cccc(O)c1)c1ccccc1Cl)N1CCSCC1. The van der Waals surface area contributed by atoms with E-state index < -0.39 is 0 Å². The fourth-order valence-corrected chi connectivity index (χ4v) is 4.19. The Morgan fingerprint density at radius 2 is 1.92 bits per heavy atom. The number of hydrogen-bond donors (Lipinski definition) is 1. The summed E-state index contributed by atoms with van der Waals surface area (Å²) < 4.78 is 0. The van der Waals surface area contributed by atoms with Crippen molar-refractivity contribution in [3.8, 4) is 5.75 Å². The summed E-state index contributed by atoms with van der Waals surface area (Å²) in [6, 6.07) is 14.7. The number of halogens is 1. The van der Waals surface area contributed by atoms with Gasteiger partial charge in [0.25, 0.3) is 0 Å². The van der Waals surface area contributed by atoms with Gasteiger partial charge < -0.3 is 10.0 Å². The van der Waals surface area contributed by atoms with Gasteiger partial charge in [-0.3, -0.25) is 4.79 Å². The van der Waals surface area contributed by atoms with Gasteiger partial charge in [0.1, 0.15) is 5.75 Å². The highest BCUT2D eigenvalue weighted by molar-refractivity contribution is 7.99. The minimum Gasteiger partial charge on any atom is -0.508 e. The molecule has 2 aromatic carbocycles. The number of benzene rings is 2. The molecule has 3 nitrogen and oxygen atoms in total. The number of hydrogen-bond acceptors (Lipinski definition) is 3. The van der Waals surface area contributed by atoms with Crippen LogP contribution >= 0.6 is 23.4 Å². The second kappa shape index (κ2) is 7.95. The Hall–Kier alpha value is -1.65. The normalized spacial score (nSPS) is 16.0. The van der Waals surface area contributed by atoms with Crippen LogP contribution in [0.1, 0.15) is 23.5 Å². The van der Waals surface area contributed by atoms with Gasteiger partial charge in [0.05, 0.1) is 0 Å². The van der Waals surface area contributed by atoms with Crippen LogP contribution in [0.15, 0.2) is 48.5 Å². The molecule has 24 heavy (non-hydrogen) atoms. The lowest BCUT2D eigenvalue weighted by Gasteiger charge is -2.29. The molecule has 0 aliphatic carbocycles. The molecular weight excluding hydrogens is 342 g/mol. The van der Waals surface area contributed by atoms with Crippen molar-refractivity contribution in [2.75, 3.05) is 24.6 Å². The van der Waals surface area contributed by atoms with Gasteiger partial charge in [-0.25, -0.2) is 0 Å². The summed E-state index contributed by atoms with van der Waals surface area (Å²) in [4.78, 5) is 14.7. The van der Waals surface area contributed by atoms with Crippen molar-refractivity contribution in [1.29, 1.82) is 0 Å². The summed E-state index contributed by atoms with van der Waals surface area (Å²) in [5.74, 6) is 2.17. The Labute approximate surface area is 151 Å². The van der Waals surface area contributed by atoms with E-state index in [4.69, 9.17) is 11.6 Å². The third-order valence-electron chi connectivity index (χ3n) is 4.30. The number of amides is 1. The van der Waals surface area contributed by atoms with Crippen molar-refractivity contribution in [1.82, 2.24) is 4.90 Å². The van der Waals surface area contributed by atoms with Crippen LogP contribution in [0.25, 0.3) is 0 Å². The van der Waals surface area contributed by atoms with Gasteiger partial charge in [-0.15, -0.1) is 0 Å². The molecule has 126 valence electrons. The molecular formula is C19H20ClNO2S. The number of nitrogens with zero attached hydrogens (tertiary/aromatic N) is 1. The molecule has 1 amide bonds. The molecule has 1 atom stereocenters. The van der Waals surface area contributed by atoms with E-state index in [1.807, 2.05) is 47.0 Å². The zero-order valence-corrected chi connectivity index (χ0v) is 14.9. The van der Waals surface area contributed by atoms with E-state index in [1.165, 1.54) is 0 Å². The van der Waals surface area contributed by atoms with Crippen LogP contribution < -0.4 is 0 Å². The first-order valence-electron chi connectivity index (χ1n) is 8.04. The van der Waals surface area contributed by atoms with Gasteiger partial charge >= 0.3 is 0 Å². The molecule has 2 aromatic rings. The summed E-state index contributed by atoms with van der Waals surface area (Å²) in [6.45, 7) is 1.61. The Balaban J connectivity index is 1.90. The first kappa shape index (κ1) is 17.2. The number of phenolic OH excluding ortho intramolecular Hbond substituents is 1. The molecule has 0 saturated carbocycles. The second-order valence-electron chi connectivity index (χ2n) is 5.87. The molecule has 0 radical (unpaired) electrons. The third kappa shape index (κ3) is 4.05. The molecule has 0 aromatic heterocycles. The highest BCUT2D eigenvalue weighted by atomic mass is 35.5. The van der Waals surface area contributed by atoms with Crippen molar-refractivity contribution in [3.63, 3.8) is 0 Å². The highest BCUT2D eigenvalue weighted by Crippen LogP contribution is 2.34. The number of aromatic hydroxyl groups is 1. The van der Waals surface area contributed by atoms with Gasteiger partial charge in [0.15, 0.2) is 0 Å². The fraction of sp³-hybridized carbons (Fsp3) is 0.316. The van der Waals surface area contributed by atoms with E-state index in [0.717, 1.165) is 35.7 Å². The van der Waals surface area contributed by atoms with Crippen LogP contribution in [0.2, 0.25) is 5.02 Å². The first-order valence-corrected chi connectivity index (χ1v) is 9.57. The molecule has 0 spiro atoms. The monoisotopic (exact) mass is 361 g/mol. The molecule has 1 saturated heterocycles. The van der Waals surface area contributed by atoms with Crippen LogP contribution in [-0.4, -0.2) is 40.5 Å². The Morgan fingerprint density at radius 3 is 2.62 bits per heavy atom. The van der Waals surface area contributed by atoms with Crippen LogP contribution in [0.3, 0.4) is 0 Å². The minimum atomic E-state index is -0.159. The van der Waals surface area contributed by atoms with E-state index >= 15 is 0 Å². The van der Waals surface area contributed by atoms with Gasteiger partial charge in [-0.1, -0.05) is 41.9 Å².